The van der Waals surface area contributed by atoms with Crippen molar-refractivity contribution >= 4 is 23.8 Å². The summed E-state index contributed by atoms with van der Waals surface area (Å²) >= 11 is 0. The number of piperazine rings is 1. The third-order valence-electron chi connectivity index (χ3n) is 7.84. The lowest BCUT2D eigenvalue weighted by molar-refractivity contribution is -0.267. The van der Waals surface area contributed by atoms with Crippen LogP contribution in [0.3, 0.4) is 0 Å². The van der Waals surface area contributed by atoms with Crippen molar-refractivity contribution in [2.45, 2.75) is 77.7 Å². The first-order valence-corrected chi connectivity index (χ1v) is 14.9. The van der Waals surface area contributed by atoms with Crippen LogP contribution in [-0.4, -0.2) is 86.3 Å². The molecule has 11 nitrogen and oxygen atoms in total. The molecule has 3 N–H and O–H groups in total. The zero-order valence-electron chi connectivity index (χ0n) is 25.2. The van der Waals surface area contributed by atoms with Crippen molar-refractivity contribution in [1.82, 2.24) is 20.2 Å². The van der Waals surface area contributed by atoms with Gasteiger partial charge in [-0.25, -0.2) is 4.79 Å². The van der Waals surface area contributed by atoms with E-state index in [1.165, 1.54) is 21.9 Å². The van der Waals surface area contributed by atoms with Gasteiger partial charge in [0.1, 0.15) is 17.8 Å². The molecule has 11 heteroatoms. The fourth-order valence-electron chi connectivity index (χ4n) is 5.63. The number of nitrogens with one attached hydrogen (secondary N) is 1. The molecule has 2 aromatic carbocycles. The first kappa shape index (κ1) is 31.8. The van der Waals surface area contributed by atoms with Crippen LogP contribution in [0.2, 0.25) is 0 Å². The zero-order chi connectivity index (χ0) is 31.3. The summed E-state index contributed by atoms with van der Waals surface area (Å²) in [7, 11) is 0. The van der Waals surface area contributed by atoms with Gasteiger partial charge in [0.25, 0.3) is 5.91 Å². The van der Waals surface area contributed by atoms with Gasteiger partial charge < -0.3 is 25.3 Å². The number of hydrogen-bond donors (Lipinski definition) is 3. The fourth-order valence-corrected chi connectivity index (χ4v) is 5.63. The molecule has 2 aliphatic heterocycles. The largest absolute Gasteiger partial charge is 0.508 e. The minimum Gasteiger partial charge on any atom is -0.508 e. The standard InChI is InChI=1S/C32H42N4O7/c1-20(2)14-15-33-29(38)25(17-22-8-6-5-7-9-22)34-19-28-35(26(30(34)39)18-23-10-12-24(37)13-11-23)31(40)27(16-21(3)4)43-36(28)32(41)42/h5-13,20-21,25-28,37H,14-19H2,1-4H3,(H,33,38)(H,41,42)/t25-,26-,27+,28?/m0/s1. The smallest absolute Gasteiger partial charge is 0.433 e. The third kappa shape index (κ3) is 7.64. The molecular formula is C32H42N4O7. The Morgan fingerprint density at radius 3 is 2.23 bits per heavy atom. The Balaban J connectivity index is 1.76. The molecule has 0 saturated carbocycles. The van der Waals surface area contributed by atoms with E-state index >= 15 is 0 Å². The molecule has 232 valence electrons. The second-order valence-electron chi connectivity index (χ2n) is 12.1. The number of hydroxylamine groups is 2. The normalized spacial score (nSPS) is 21.3. The van der Waals surface area contributed by atoms with E-state index in [1.54, 1.807) is 12.1 Å². The van der Waals surface area contributed by atoms with E-state index in [9.17, 15) is 29.4 Å². The molecule has 0 aromatic heterocycles. The second kappa shape index (κ2) is 13.9. The van der Waals surface area contributed by atoms with Crippen LogP contribution in [0.4, 0.5) is 4.79 Å². The van der Waals surface area contributed by atoms with Crippen molar-refractivity contribution in [2.75, 3.05) is 13.1 Å². The summed E-state index contributed by atoms with van der Waals surface area (Å²) in [5, 5.41) is 23.7. The van der Waals surface area contributed by atoms with Gasteiger partial charge in [-0.1, -0.05) is 70.2 Å². The number of phenolic OH excluding ortho intramolecular Hbond substituents is 1. The van der Waals surface area contributed by atoms with Crippen molar-refractivity contribution in [2.24, 2.45) is 11.8 Å². The van der Waals surface area contributed by atoms with Gasteiger partial charge in [-0.2, -0.15) is 5.06 Å². The molecule has 43 heavy (non-hydrogen) atoms. The summed E-state index contributed by atoms with van der Waals surface area (Å²) in [6.45, 7) is 8.10. The molecule has 2 fully saturated rings. The number of fused-ring (bicyclic) bond motifs is 1. The number of amides is 4. The minimum absolute atomic E-state index is 0.0264. The quantitative estimate of drug-likeness (QED) is 0.362. The molecule has 2 aliphatic rings. The van der Waals surface area contributed by atoms with E-state index in [0.717, 1.165) is 17.0 Å². The summed E-state index contributed by atoms with van der Waals surface area (Å²) in [6.07, 6.45) is -2.34. The molecule has 4 rings (SSSR count). The van der Waals surface area contributed by atoms with Crippen molar-refractivity contribution in [1.29, 1.82) is 0 Å². The first-order chi connectivity index (χ1) is 20.5. The van der Waals surface area contributed by atoms with Crippen LogP contribution in [0.1, 0.15) is 51.7 Å². The van der Waals surface area contributed by atoms with Crippen LogP contribution in [0.5, 0.6) is 5.75 Å². The van der Waals surface area contributed by atoms with Gasteiger partial charge in [0, 0.05) is 19.4 Å². The van der Waals surface area contributed by atoms with Gasteiger partial charge >= 0.3 is 6.09 Å². The lowest BCUT2D eigenvalue weighted by atomic mass is 9.94. The molecule has 4 atom stereocenters. The molecular weight excluding hydrogens is 552 g/mol. The number of carbonyl (C=O) groups is 4. The Morgan fingerprint density at radius 1 is 0.953 bits per heavy atom. The highest BCUT2D eigenvalue weighted by atomic mass is 16.7. The summed E-state index contributed by atoms with van der Waals surface area (Å²) in [4.78, 5) is 63.0. The number of hydrogen-bond acceptors (Lipinski definition) is 6. The van der Waals surface area contributed by atoms with E-state index in [-0.39, 0.29) is 43.4 Å². The van der Waals surface area contributed by atoms with Gasteiger partial charge in [0.2, 0.25) is 11.8 Å². The molecule has 0 radical (unpaired) electrons. The van der Waals surface area contributed by atoms with E-state index in [4.69, 9.17) is 4.84 Å². The highest BCUT2D eigenvalue weighted by Crippen LogP contribution is 2.32. The highest BCUT2D eigenvalue weighted by Gasteiger charge is 2.54. The van der Waals surface area contributed by atoms with Crippen LogP contribution in [0, 0.1) is 11.8 Å². The number of carbonyl (C=O) groups excluding carboxylic acids is 3. The number of carboxylic acid groups (broad SMARTS) is 1. The number of aromatic hydroxyl groups is 1. The Hall–Kier alpha value is -4.12. The lowest BCUT2D eigenvalue weighted by Gasteiger charge is -2.53. The summed E-state index contributed by atoms with van der Waals surface area (Å²) in [5.74, 6) is -0.824. The number of rotatable bonds is 11. The fraction of sp³-hybridized carbons (Fsp3) is 0.500. The predicted molar refractivity (Wildman–Crippen MR) is 159 cm³/mol. The zero-order valence-corrected chi connectivity index (χ0v) is 25.2. The van der Waals surface area contributed by atoms with E-state index < -0.39 is 42.3 Å². The molecule has 1 unspecified atom stereocenters. The molecule has 0 aliphatic carbocycles. The predicted octanol–water partition coefficient (Wildman–Crippen LogP) is 3.41. The Labute approximate surface area is 252 Å². The summed E-state index contributed by atoms with van der Waals surface area (Å²) < 4.78 is 0. The van der Waals surface area contributed by atoms with Crippen molar-refractivity contribution in [3.63, 3.8) is 0 Å². The number of benzene rings is 2. The monoisotopic (exact) mass is 594 g/mol. The average molecular weight is 595 g/mol. The van der Waals surface area contributed by atoms with Gasteiger partial charge in [0.05, 0.1) is 6.54 Å². The summed E-state index contributed by atoms with van der Waals surface area (Å²) in [6, 6.07) is 13.5. The third-order valence-corrected chi connectivity index (χ3v) is 7.84. The van der Waals surface area contributed by atoms with E-state index in [1.807, 2.05) is 44.2 Å². The van der Waals surface area contributed by atoms with Gasteiger partial charge in [-0.3, -0.25) is 19.2 Å². The van der Waals surface area contributed by atoms with Gasteiger partial charge in [0.15, 0.2) is 12.3 Å². The minimum atomic E-state index is -1.39. The molecule has 2 aromatic rings. The first-order valence-electron chi connectivity index (χ1n) is 14.9. The molecule has 2 saturated heterocycles. The van der Waals surface area contributed by atoms with Crippen molar-refractivity contribution in [3.05, 3.63) is 65.7 Å². The van der Waals surface area contributed by atoms with Crippen LogP contribution in [0.15, 0.2) is 54.6 Å². The topological polar surface area (TPSA) is 140 Å². The van der Waals surface area contributed by atoms with Crippen LogP contribution < -0.4 is 5.32 Å². The highest BCUT2D eigenvalue weighted by molar-refractivity contribution is 5.95. The van der Waals surface area contributed by atoms with Crippen LogP contribution in [-0.2, 0) is 32.1 Å². The molecule has 0 bridgehead atoms. The SMILES string of the molecule is CC(C)CCNC(=O)[C@H](Cc1ccccc1)N1CC2N(C(=O)O)O[C@H](CC(C)C)C(=O)N2[C@@H](Cc2ccc(O)cc2)C1=O. The van der Waals surface area contributed by atoms with Crippen molar-refractivity contribution in [3.8, 4) is 5.75 Å². The molecule has 4 amide bonds. The Morgan fingerprint density at radius 2 is 1.63 bits per heavy atom. The second-order valence-corrected chi connectivity index (χ2v) is 12.1. The maximum atomic E-state index is 14.4. The Bertz CT molecular complexity index is 1280. The van der Waals surface area contributed by atoms with Gasteiger partial charge in [-0.15, -0.1) is 0 Å². The van der Waals surface area contributed by atoms with Crippen LogP contribution in [0.25, 0.3) is 0 Å². The van der Waals surface area contributed by atoms with E-state index in [2.05, 4.69) is 19.2 Å². The maximum absolute atomic E-state index is 14.4. The van der Waals surface area contributed by atoms with E-state index in [0.29, 0.717) is 18.0 Å². The Kier molecular flexibility index (Phi) is 10.3. The van der Waals surface area contributed by atoms with Gasteiger partial charge in [-0.05, 0) is 47.9 Å². The molecule has 0 spiro atoms. The summed E-state index contributed by atoms with van der Waals surface area (Å²) in [5.41, 5.74) is 1.50. The number of nitrogens with zero attached hydrogens (tertiary/aromatic N) is 3. The average Bonchev–Trinajstić information content (AvgIpc) is 2.95. The van der Waals surface area contributed by atoms with Crippen molar-refractivity contribution < 1.29 is 34.2 Å². The lowest BCUT2D eigenvalue weighted by Crippen LogP contribution is -2.75. The van der Waals surface area contributed by atoms with Crippen LogP contribution >= 0.6 is 0 Å². The number of phenols is 1. The molecule has 2 heterocycles. The maximum Gasteiger partial charge on any atom is 0.433 e.